The van der Waals surface area contributed by atoms with Gasteiger partial charge < -0.3 is 14.6 Å². The Kier molecular flexibility index (Phi) is 3.22. The van der Waals surface area contributed by atoms with Gasteiger partial charge in [0, 0.05) is 19.1 Å². The van der Waals surface area contributed by atoms with E-state index >= 15 is 0 Å². The smallest absolute Gasteiger partial charge is 0.287 e. The molecule has 1 aromatic heterocycles. The van der Waals surface area contributed by atoms with E-state index in [9.17, 15) is 9.18 Å². The minimum atomic E-state index is -0.357. The maximum Gasteiger partial charge on any atom is 0.287 e. The zero-order chi connectivity index (χ0) is 15.1. The molecule has 1 unspecified atom stereocenters. The second-order valence-electron chi connectivity index (χ2n) is 6.03. The van der Waals surface area contributed by atoms with E-state index in [2.05, 4.69) is 10.2 Å². The zero-order valence-corrected chi connectivity index (χ0v) is 12.1. The lowest BCUT2D eigenvalue weighted by Crippen LogP contribution is -2.43. The summed E-state index contributed by atoms with van der Waals surface area (Å²) in [4.78, 5) is 14.7. The molecule has 2 aliphatic rings. The van der Waals surface area contributed by atoms with Gasteiger partial charge in [-0.05, 0) is 43.1 Å². The first-order chi connectivity index (χ1) is 10.7. The zero-order valence-electron chi connectivity index (χ0n) is 12.1. The third-order valence-electron chi connectivity index (χ3n) is 4.62. The summed E-state index contributed by atoms with van der Waals surface area (Å²) in [5.41, 5.74) is 0.368. The molecule has 0 saturated carbocycles. The summed E-state index contributed by atoms with van der Waals surface area (Å²) in [6.07, 6.45) is 1.14. The van der Waals surface area contributed by atoms with Gasteiger partial charge in [-0.25, -0.2) is 4.39 Å². The number of halogens is 1. The van der Waals surface area contributed by atoms with Crippen molar-refractivity contribution in [2.24, 2.45) is 5.92 Å². The normalized spacial score (nSPS) is 26.3. The topological polar surface area (TPSA) is 45.5 Å². The van der Waals surface area contributed by atoms with Gasteiger partial charge in [0.1, 0.15) is 11.6 Å². The summed E-state index contributed by atoms with van der Waals surface area (Å²) in [5, 5.41) is 3.04. The van der Waals surface area contributed by atoms with Crippen molar-refractivity contribution in [3.8, 4) is 11.3 Å². The molecular weight excluding hydrogens is 283 g/mol. The van der Waals surface area contributed by atoms with Crippen LogP contribution in [0.2, 0.25) is 0 Å². The molecule has 4 rings (SSSR count). The summed E-state index contributed by atoms with van der Waals surface area (Å²) in [7, 11) is 0. The van der Waals surface area contributed by atoms with E-state index in [1.807, 2.05) is 0 Å². The molecule has 3 atom stereocenters. The Labute approximate surface area is 127 Å². The maximum atomic E-state index is 13.7. The third-order valence-corrected chi connectivity index (χ3v) is 4.62. The van der Waals surface area contributed by atoms with Gasteiger partial charge in [-0.1, -0.05) is 12.1 Å². The van der Waals surface area contributed by atoms with Gasteiger partial charge in [-0.15, -0.1) is 0 Å². The third kappa shape index (κ3) is 2.31. The van der Waals surface area contributed by atoms with Gasteiger partial charge in [0.05, 0.1) is 5.56 Å². The molecule has 3 heterocycles. The molecule has 5 heteroatoms. The number of hydrogen-bond acceptors (Lipinski definition) is 3. The lowest BCUT2D eigenvalue weighted by atomic mass is 10.00. The molecular formula is C17H17FN2O2. The molecule has 4 nitrogen and oxygen atoms in total. The first-order valence-electron chi connectivity index (χ1n) is 7.58. The fraction of sp³-hybridized carbons (Fsp3) is 0.353. The highest BCUT2D eigenvalue weighted by molar-refractivity contribution is 5.92. The summed E-state index contributed by atoms with van der Waals surface area (Å²) >= 11 is 0. The number of rotatable bonds is 3. The van der Waals surface area contributed by atoms with Crippen LogP contribution >= 0.6 is 0 Å². The van der Waals surface area contributed by atoms with Crippen molar-refractivity contribution in [3.63, 3.8) is 0 Å². The number of nitrogens with zero attached hydrogens (tertiary/aromatic N) is 1. The van der Waals surface area contributed by atoms with Crippen LogP contribution < -0.4 is 5.32 Å². The van der Waals surface area contributed by atoms with E-state index in [-0.39, 0.29) is 23.5 Å². The minimum absolute atomic E-state index is 0.197. The largest absolute Gasteiger partial charge is 0.451 e. The average Bonchev–Trinajstić information content (AvgIpc) is 3.24. The predicted octanol–water partition coefficient (Wildman–Crippen LogP) is 2.52. The molecule has 2 bridgehead atoms. The summed E-state index contributed by atoms with van der Waals surface area (Å²) < 4.78 is 19.3. The maximum absolute atomic E-state index is 13.7. The second kappa shape index (κ2) is 5.25. The SMILES string of the molecule is O=C(N[C@H]1CN2CC[C@H]1C2)c1ccc(-c2ccccc2F)o1. The molecule has 2 aromatic rings. The van der Waals surface area contributed by atoms with Crippen LogP contribution in [0.5, 0.6) is 0 Å². The van der Waals surface area contributed by atoms with Crippen LogP contribution in [-0.2, 0) is 0 Å². The Bertz CT molecular complexity index is 712. The van der Waals surface area contributed by atoms with E-state index in [1.54, 1.807) is 30.3 Å². The number of amides is 1. The van der Waals surface area contributed by atoms with Crippen molar-refractivity contribution in [2.45, 2.75) is 12.5 Å². The number of nitrogens with one attached hydrogen (secondary N) is 1. The lowest BCUT2D eigenvalue weighted by molar-refractivity contribution is 0.0897. The first kappa shape index (κ1) is 13.5. The Balaban J connectivity index is 1.49. The Morgan fingerprint density at radius 1 is 1.23 bits per heavy atom. The Hall–Kier alpha value is -2.14. The van der Waals surface area contributed by atoms with Crippen molar-refractivity contribution in [1.29, 1.82) is 0 Å². The van der Waals surface area contributed by atoms with Crippen LogP contribution in [0.4, 0.5) is 4.39 Å². The summed E-state index contributed by atoms with van der Waals surface area (Å²) in [6.45, 7) is 3.12. The lowest BCUT2D eigenvalue weighted by Gasteiger charge is -2.22. The molecule has 1 aromatic carbocycles. The van der Waals surface area contributed by atoms with Crippen LogP contribution in [0.1, 0.15) is 17.0 Å². The van der Waals surface area contributed by atoms with Gasteiger partial charge in [0.2, 0.25) is 0 Å². The molecule has 2 aliphatic heterocycles. The van der Waals surface area contributed by atoms with Gasteiger partial charge in [0.15, 0.2) is 5.76 Å². The molecule has 1 N–H and O–H groups in total. The number of fused-ring (bicyclic) bond motifs is 2. The van der Waals surface area contributed by atoms with E-state index in [1.165, 1.54) is 6.07 Å². The fourth-order valence-electron chi connectivity index (χ4n) is 3.45. The van der Waals surface area contributed by atoms with E-state index in [0.29, 0.717) is 17.2 Å². The van der Waals surface area contributed by atoms with E-state index < -0.39 is 0 Å². The fourth-order valence-corrected chi connectivity index (χ4v) is 3.45. The standard InChI is InChI=1S/C17H17FN2O2/c18-13-4-2-1-3-12(13)15-5-6-16(22-15)17(21)19-14-10-20-8-7-11(14)9-20/h1-6,11,14H,7-10H2,(H,19,21)/t11-,14-/m0/s1. The number of piperidine rings is 1. The molecule has 0 spiro atoms. The van der Waals surface area contributed by atoms with Crippen molar-refractivity contribution < 1.29 is 13.6 Å². The van der Waals surface area contributed by atoms with Crippen LogP contribution in [0.15, 0.2) is 40.8 Å². The Morgan fingerprint density at radius 3 is 2.82 bits per heavy atom. The van der Waals surface area contributed by atoms with Crippen molar-refractivity contribution in [1.82, 2.24) is 10.2 Å². The highest BCUT2D eigenvalue weighted by atomic mass is 19.1. The second-order valence-corrected chi connectivity index (χ2v) is 6.03. The number of furan rings is 1. The van der Waals surface area contributed by atoms with E-state index in [0.717, 1.165) is 26.1 Å². The van der Waals surface area contributed by atoms with Crippen LogP contribution in [0.25, 0.3) is 11.3 Å². The molecule has 114 valence electrons. The van der Waals surface area contributed by atoms with Crippen molar-refractivity contribution in [3.05, 3.63) is 48.0 Å². The first-order valence-corrected chi connectivity index (χ1v) is 7.58. The predicted molar refractivity (Wildman–Crippen MR) is 79.9 cm³/mol. The summed E-state index contributed by atoms with van der Waals surface area (Å²) in [5.74, 6) is 0.576. The van der Waals surface area contributed by atoms with Gasteiger partial charge in [-0.3, -0.25) is 4.79 Å². The Morgan fingerprint density at radius 2 is 2.09 bits per heavy atom. The van der Waals surface area contributed by atoms with Gasteiger partial charge in [-0.2, -0.15) is 0 Å². The monoisotopic (exact) mass is 300 g/mol. The minimum Gasteiger partial charge on any atom is -0.451 e. The van der Waals surface area contributed by atoms with Gasteiger partial charge in [0.25, 0.3) is 5.91 Å². The number of benzene rings is 1. The van der Waals surface area contributed by atoms with Crippen LogP contribution in [0, 0.1) is 11.7 Å². The summed E-state index contributed by atoms with van der Waals surface area (Å²) in [6, 6.07) is 9.82. The number of hydrogen-bond donors (Lipinski definition) is 1. The highest BCUT2D eigenvalue weighted by Crippen LogP contribution is 2.28. The van der Waals surface area contributed by atoms with Crippen molar-refractivity contribution >= 4 is 5.91 Å². The molecule has 0 aliphatic carbocycles. The number of carbonyl (C=O) groups excluding carboxylic acids is 1. The molecule has 0 radical (unpaired) electrons. The molecule has 2 fully saturated rings. The van der Waals surface area contributed by atoms with E-state index in [4.69, 9.17) is 4.42 Å². The highest BCUT2D eigenvalue weighted by Gasteiger charge is 2.38. The molecule has 1 amide bonds. The average molecular weight is 300 g/mol. The van der Waals surface area contributed by atoms with Gasteiger partial charge >= 0.3 is 0 Å². The van der Waals surface area contributed by atoms with Crippen LogP contribution in [-0.4, -0.2) is 36.5 Å². The molecule has 22 heavy (non-hydrogen) atoms. The quantitative estimate of drug-likeness (QED) is 0.947. The van der Waals surface area contributed by atoms with Crippen LogP contribution in [0.3, 0.4) is 0 Å². The molecule has 2 saturated heterocycles. The van der Waals surface area contributed by atoms with Crippen molar-refractivity contribution in [2.75, 3.05) is 19.6 Å². The number of carbonyl (C=O) groups is 1.